The Bertz CT molecular complexity index is 325. The van der Waals surface area contributed by atoms with Crippen LogP contribution in [-0.2, 0) is 0 Å². The van der Waals surface area contributed by atoms with Gasteiger partial charge in [-0.1, -0.05) is 20.3 Å². The Morgan fingerprint density at radius 2 is 2.17 bits per heavy atom. The van der Waals surface area contributed by atoms with Crippen LogP contribution >= 0.6 is 0 Å². The highest BCUT2D eigenvalue weighted by Gasteiger charge is 2.38. The molecule has 1 aliphatic heterocycles. The highest BCUT2D eigenvalue weighted by atomic mass is 15.1. The molecule has 3 nitrogen and oxygen atoms in total. The molecule has 0 amide bonds. The Morgan fingerprint density at radius 1 is 1.44 bits per heavy atom. The zero-order valence-corrected chi connectivity index (χ0v) is 12.1. The summed E-state index contributed by atoms with van der Waals surface area (Å²) in [5.74, 6) is 0.787. The van der Waals surface area contributed by atoms with Gasteiger partial charge in [0.2, 0.25) is 0 Å². The van der Waals surface area contributed by atoms with E-state index in [0.717, 1.165) is 31.8 Å². The van der Waals surface area contributed by atoms with E-state index in [1.807, 2.05) is 0 Å². The number of hydrogen-bond acceptors (Lipinski definition) is 3. The molecule has 102 valence electrons. The van der Waals surface area contributed by atoms with Crippen LogP contribution in [0.5, 0.6) is 0 Å². The number of likely N-dealkylation sites (tertiary alicyclic amines) is 1. The number of nitrogens with one attached hydrogen (secondary N) is 1. The fourth-order valence-corrected chi connectivity index (χ4v) is 3.27. The summed E-state index contributed by atoms with van der Waals surface area (Å²) in [4.78, 5) is 2.43. The molecule has 3 heteroatoms. The van der Waals surface area contributed by atoms with E-state index in [-0.39, 0.29) is 5.41 Å². The molecule has 18 heavy (non-hydrogen) atoms. The SMILES string of the molecule is CN1CCC(C(C)(C)CNCC2(C#N)CCC2)C1. The van der Waals surface area contributed by atoms with Gasteiger partial charge >= 0.3 is 0 Å². The van der Waals surface area contributed by atoms with Crippen molar-refractivity contribution in [2.24, 2.45) is 16.7 Å². The van der Waals surface area contributed by atoms with Gasteiger partial charge in [-0.15, -0.1) is 0 Å². The third-order valence-electron chi connectivity index (χ3n) is 5.09. The zero-order valence-electron chi connectivity index (χ0n) is 12.1. The summed E-state index contributed by atoms with van der Waals surface area (Å²) in [5.41, 5.74) is 0.299. The third-order valence-corrected chi connectivity index (χ3v) is 5.09. The second-order valence-electron chi connectivity index (χ2n) is 7.09. The van der Waals surface area contributed by atoms with Crippen LogP contribution in [0.2, 0.25) is 0 Å². The number of nitrogens with zero attached hydrogens (tertiary/aromatic N) is 2. The van der Waals surface area contributed by atoms with Crippen molar-refractivity contribution >= 4 is 0 Å². The minimum atomic E-state index is -0.0391. The van der Waals surface area contributed by atoms with Gasteiger partial charge in [0.25, 0.3) is 0 Å². The summed E-state index contributed by atoms with van der Waals surface area (Å²) < 4.78 is 0. The average molecular weight is 249 g/mol. The molecule has 0 spiro atoms. The van der Waals surface area contributed by atoms with E-state index in [0.29, 0.717) is 5.41 Å². The molecule has 1 unspecified atom stereocenters. The maximum atomic E-state index is 9.22. The van der Waals surface area contributed by atoms with Gasteiger partial charge in [-0.05, 0) is 44.2 Å². The smallest absolute Gasteiger partial charge is 0.0703 e. The van der Waals surface area contributed by atoms with Gasteiger partial charge in [0.1, 0.15) is 0 Å². The summed E-state index contributed by atoms with van der Waals surface area (Å²) in [6.07, 6.45) is 4.72. The Hall–Kier alpha value is -0.590. The van der Waals surface area contributed by atoms with Crippen LogP contribution < -0.4 is 5.32 Å². The summed E-state index contributed by atoms with van der Waals surface area (Å²) in [6, 6.07) is 2.51. The molecule has 2 aliphatic rings. The average Bonchev–Trinajstić information content (AvgIpc) is 2.70. The predicted molar refractivity (Wildman–Crippen MR) is 74.2 cm³/mol. The lowest BCUT2D eigenvalue weighted by Crippen LogP contribution is -2.44. The Morgan fingerprint density at radius 3 is 2.61 bits per heavy atom. The molecule has 0 aromatic heterocycles. The lowest BCUT2D eigenvalue weighted by Gasteiger charge is -2.38. The normalized spacial score (nSPS) is 27.8. The number of hydrogen-bond donors (Lipinski definition) is 1. The summed E-state index contributed by atoms with van der Waals surface area (Å²) in [5, 5.41) is 12.8. The van der Waals surface area contributed by atoms with Crippen molar-refractivity contribution in [1.29, 1.82) is 5.26 Å². The van der Waals surface area contributed by atoms with E-state index < -0.39 is 0 Å². The minimum absolute atomic E-state index is 0.0391. The second kappa shape index (κ2) is 5.19. The first kappa shape index (κ1) is 13.8. The molecule has 0 aromatic rings. The summed E-state index contributed by atoms with van der Waals surface area (Å²) in [7, 11) is 2.21. The zero-order chi connectivity index (χ0) is 13.2. The second-order valence-corrected chi connectivity index (χ2v) is 7.09. The summed E-state index contributed by atoms with van der Waals surface area (Å²) in [6.45, 7) is 9.10. The monoisotopic (exact) mass is 249 g/mol. The van der Waals surface area contributed by atoms with Crippen LogP contribution in [0.25, 0.3) is 0 Å². The molecule has 0 radical (unpaired) electrons. The lowest BCUT2D eigenvalue weighted by molar-refractivity contribution is 0.169. The van der Waals surface area contributed by atoms with Gasteiger partial charge < -0.3 is 10.2 Å². The largest absolute Gasteiger partial charge is 0.315 e. The van der Waals surface area contributed by atoms with E-state index in [2.05, 4.69) is 37.2 Å². The van der Waals surface area contributed by atoms with Crippen LogP contribution in [0.15, 0.2) is 0 Å². The van der Waals surface area contributed by atoms with Gasteiger partial charge in [0.15, 0.2) is 0 Å². The Balaban J connectivity index is 1.77. The van der Waals surface area contributed by atoms with E-state index in [1.54, 1.807) is 0 Å². The molecule has 2 rings (SSSR count). The van der Waals surface area contributed by atoms with Crippen LogP contribution in [0.3, 0.4) is 0 Å². The first-order chi connectivity index (χ1) is 8.47. The molecule has 1 saturated carbocycles. The lowest BCUT2D eigenvalue weighted by atomic mass is 9.69. The molecule has 1 saturated heterocycles. The van der Waals surface area contributed by atoms with E-state index in [1.165, 1.54) is 25.9 Å². The van der Waals surface area contributed by atoms with Crippen LogP contribution in [0, 0.1) is 28.1 Å². The molecule has 1 aliphatic carbocycles. The number of rotatable bonds is 5. The fourth-order valence-electron chi connectivity index (χ4n) is 3.27. The van der Waals surface area contributed by atoms with Gasteiger partial charge in [0, 0.05) is 19.6 Å². The first-order valence-corrected chi connectivity index (χ1v) is 7.28. The molecular weight excluding hydrogens is 222 g/mol. The topological polar surface area (TPSA) is 39.1 Å². The maximum absolute atomic E-state index is 9.22. The van der Waals surface area contributed by atoms with Gasteiger partial charge in [0.05, 0.1) is 11.5 Å². The van der Waals surface area contributed by atoms with Crippen LogP contribution in [-0.4, -0.2) is 38.1 Å². The highest BCUT2D eigenvalue weighted by Crippen LogP contribution is 2.40. The molecule has 1 heterocycles. The van der Waals surface area contributed by atoms with Crippen LogP contribution in [0.4, 0.5) is 0 Å². The minimum Gasteiger partial charge on any atom is -0.315 e. The Labute approximate surface area is 112 Å². The standard InChI is InChI=1S/C15H27N3/c1-14(2,13-5-8-18(3)9-13)11-17-12-15(10-16)6-4-7-15/h13,17H,4-9,11-12H2,1-3H3. The summed E-state index contributed by atoms with van der Waals surface area (Å²) >= 11 is 0. The molecule has 0 aromatic carbocycles. The van der Waals surface area contributed by atoms with Crippen molar-refractivity contribution in [3.05, 3.63) is 0 Å². The molecular formula is C15H27N3. The quantitative estimate of drug-likeness (QED) is 0.812. The molecule has 0 bridgehead atoms. The maximum Gasteiger partial charge on any atom is 0.0703 e. The van der Waals surface area contributed by atoms with E-state index in [9.17, 15) is 5.26 Å². The first-order valence-electron chi connectivity index (χ1n) is 7.28. The van der Waals surface area contributed by atoms with Crippen molar-refractivity contribution in [2.75, 3.05) is 33.2 Å². The van der Waals surface area contributed by atoms with E-state index >= 15 is 0 Å². The van der Waals surface area contributed by atoms with Gasteiger partial charge in [-0.3, -0.25) is 0 Å². The van der Waals surface area contributed by atoms with Crippen molar-refractivity contribution in [3.63, 3.8) is 0 Å². The number of nitriles is 1. The van der Waals surface area contributed by atoms with Gasteiger partial charge in [-0.25, -0.2) is 0 Å². The van der Waals surface area contributed by atoms with Crippen molar-refractivity contribution in [3.8, 4) is 6.07 Å². The van der Waals surface area contributed by atoms with Gasteiger partial charge in [-0.2, -0.15) is 5.26 Å². The van der Waals surface area contributed by atoms with Crippen molar-refractivity contribution in [2.45, 2.75) is 39.5 Å². The molecule has 1 atom stereocenters. The molecule has 1 N–H and O–H groups in total. The predicted octanol–water partition coefficient (Wildman–Crippen LogP) is 2.25. The van der Waals surface area contributed by atoms with Crippen molar-refractivity contribution in [1.82, 2.24) is 10.2 Å². The Kier molecular flexibility index (Phi) is 3.99. The molecule has 2 fully saturated rings. The highest BCUT2D eigenvalue weighted by molar-refractivity contribution is 5.06. The fraction of sp³-hybridized carbons (Fsp3) is 0.933. The van der Waals surface area contributed by atoms with Crippen molar-refractivity contribution < 1.29 is 0 Å². The van der Waals surface area contributed by atoms with E-state index in [4.69, 9.17) is 0 Å². The van der Waals surface area contributed by atoms with Crippen LogP contribution in [0.1, 0.15) is 39.5 Å². The third kappa shape index (κ3) is 2.87.